The predicted octanol–water partition coefficient (Wildman–Crippen LogP) is 6.55. The number of ketones is 1. The Morgan fingerprint density at radius 2 is 1.49 bits per heavy atom. The molecule has 84 heavy (non-hydrogen) atoms. The zero-order valence-corrected chi connectivity index (χ0v) is 49.7. The van der Waals surface area contributed by atoms with Crippen LogP contribution in [-0.4, -0.2) is 145 Å². The van der Waals surface area contributed by atoms with Crippen molar-refractivity contribution < 1.29 is 46.5 Å². The van der Waals surface area contributed by atoms with Crippen LogP contribution in [0.15, 0.2) is 87.5 Å². The van der Waals surface area contributed by atoms with Gasteiger partial charge in [0.25, 0.3) is 15.6 Å². The van der Waals surface area contributed by atoms with Gasteiger partial charge in [0.2, 0.25) is 11.8 Å². The fraction of sp³-hybridized carbons (Fsp3) is 0.433. The molecule has 0 unspecified atom stereocenters. The number of aromatic nitrogens is 6. The number of fused-ring (bicyclic) bond motifs is 2. The van der Waals surface area contributed by atoms with Crippen molar-refractivity contribution in [1.82, 2.24) is 43.8 Å². The van der Waals surface area contributed by atoms with Gasteiger partial charge in [-0.3, -0.25) is 47.5 Å². The first-order valence-corrected chi connectivity index (χ1v) is 29.7. The number of methoxy groups -OCH3 is 2. The maximum atomic E-state index is 13.9. The van der Waals surface area contributed by atoms with Crippen molar-refractivity contribution in [1.29, 1.82) is 0 Å². The van der Waals surface area contributed by atoms with Crippen molar-refractivity contribution in [3.05, 3.63) is 117 Å². The number of hydrogen-bond acceptors (Lipinski definition) is 17. The Hall–Kier alpha value is -8.51. The number of unbranched alkanes of at least 4 members (excludes halogenated alkanes) is 1. The Labute approximate surface area is 487 Å². The summed E-state index contributed by atoms with van der Waals surface area (Å²) >= 11 is 0. The van der Waals surface area contributed by atoms with Crippen molar-refractivity contribution >= 4 is 61.1 Å². The smallest absolute Gasteiger partial charge is 0.328 e. The highest BCUT2D eigenvalue weighted by molar-refractivity contribution is 7.92. The summed E-state index contributed by atoms with van der Waals surface area (Å²) in [5.41, 5.74) is 3.50. The first kappa shape index (κ1) is 60.1. The second-order valence-corrected chi connectivity index (χ2v) is 22.9. The van der Waals surface area contributed by atoms with E-state index in [-0.39, 0.29) is 75.6 Å². The Kier molecular flexibility index (Phi) is 18.9. The van der Waals surface area contributed by atoms with Crippen LogP contribution in [-0.2, 0) is 40.1 Å². The van der Waals surface area contributed by atoms with E-state index in [9.17, 15) is 32.4 Å². The number of amides is 2. The van der Waals surface area contributed by atoms with Gasteiger partial charge >= 0.3 is 5.69 Å². The lowest BCUT2D eigenvalue weighted by atomic mass is 10.0. The number of ether oxygens (including phenoxy) is 5. The van der Waals surface area contributed by atoms with Gasteiger partial charge in [-0.05, 0) is 95.4 Å². The number of sulfonamides is 1. The largest absolute Gasteiger partial charge is 0.493 e. The molecule has 2 fully saturated rings. The molecule has 1 aliphatic carbocycles. The van der Waals surface area contributed by atoms with Crippen LogP contribution in [0, 0.1) is 6.92 Å². The molecular formula is C60H73N11O12S. The van der Waals surface area contributed by atoms with Crippen LogP contribution in [0.2, 0.25) is 0 Å². The van der Waals surface area contributed by atoms with Crippen LogP contribution in [0.1, 0.15) is 92.3 Å². The first-order chi connectivity index (χ1) is 40.4. The molecule has 2 aliphatic rings. The average molecular weight is 1170 g/mol. The van der Waals surface area contributed by atoms with Gasteiger partial charge in [-0.2, -0.15) is 0 Å². The van der Waals surface area contributed by atoms with Crippen molar-refractivity contribution in [3.63, 3.8) is 0 Å². The van der Waals surface area contributed by atoms with E-state index in [4.69, 9.17) is 33.7 Å². The molecule has 1 aliphatic heterocycles. The number of Topliss-reactive ketones (excluding diaryl/α,β-unsaturated/α-hetero) is 1. The number of piperazine rings is 1. The molecule has 2 N–H and O–H groups in total. The van der Waals surface area contributed by atoms with E-state index < -0.39 is 10.0 Å². The highest BCUT2D eigenvalue weighted by atomic mass is 32.2. The van der Waals surface area contributed by atoms with Crippen LogP contribution in [0.3, 0.4) is 0 Å². The topological polar surface area (TPSA) is 253 Å². The summed E-state index contributed by atoms with van der Waals surface area (Å²) in [5.74, 6) is 1.77. The molecule has 7 aromatic rings. The standard InChI is InChI=1S/C60H73N11O12S/c1-9-25-81-43-28-44(30-45(29-43)83-52-33-50-49(67(5)60(76)68(50)6)32-48(52)65-84(77,78)46-18-19-51(79-7)53(31-46)80-8)82-26-13-12-20-66(4)37-55(73)63-36-56(74)70-23-21-69(22-24-70)42-17-16-40(61-34-42)27-54-62-35-47-38(2)57(39(3)72)59(75)71(58(47)64-54)41-14-10-11-15-41/h16-19,28-35,41,65H,9-15,20-27,36-37H2,1-8H3,(H,63,73). The lowest BCUT2D eigenvalue weighted by molar-refractivity contribution is -0.133. The molecule has 4 aromatic heterocycles. The second-order valence-electron chi connectivity index (χ2n) is 21.3. The van der Waals surface area contributed by atoms with Gasteiger partial charge in [0.15, 0.2) is 23.0 Å². The molecule has 0 radical (unpaired) electrons. The fourth-order valence-electron chi connectivity index (χ4n) is 10.8. The zero-order chi connectivity index (χ0) is 59.8. The minimum Gasteiger partial charge on any atom is -0.493 e. The number of aryl methyl sites for hydroxylation is 3. The molecule has 1 saturated carbocycles. The zero-order valence-electron chi connectivity index (χ0n) is 48.9. The van der Waals surface area contributed by atoms with Gasteiger partial charge in [-0.25, -0.2) is 23.2 Å². The van der Waals surface area contributed by atoms with E-state index in [1.54, 1.807) is 67.0 Å². The lowest BCUT2D eigenvalue weighted by Gasteiger charge is -2.36. The summed E-state index contributed by atoms with van der Waals surface area (Å²) in [7, 11) is 3.69. The highest BCUT2D eigenvalue weighted by Crippen LogP contribution is 2.39. The van der Waals surface area contributed by atoms with E-state index in [1.165, 1.54) is 48.5 Å². The molecule has 0 atom stereocenters. The van der Waals surface area contributed by atoms with E-state index in [0.29, 0.717) is 122 Å². The number of benzene rings is 3. The molecule has 9 rings (SSSR count). The Balaban J connectivity index is 0.732. The molecule has 446 valence electrons. The third kappa shape index (κ3) is 13.6. The number of likely N-dealkylation sites (N-methyl/N-ethyl adjacent to an activating group) is 1. The van der Waals surface area contributed by atoms with Crippen molar-refractivity contribution in [2.24, 2.45) is 14.1 Å². The molecular weight excluding hydrogens is 1100 g/mol. The molecule has 2 amide bonds. The van der Waals surface area contributed by atoms with Crippen LogP contribution in [0.25, 0.3) is 22.1 Å². The number of nitrogens with zero attached hydrogens (tertiary/aromatic N) is 9. The van der Waals surface area contributed by atoms with Gasteiger partial charge < -0.3 is 38.8 Å². The minimum absolute atomic E-state index is 0.00651. The maximum absolute atomic E-state index is 13.9. The van der Waals surface area contributed by atoms with Crippen LogP contribution < -0.4 is 49.9 Å². The normalized spacial score (nSPS) is 13.9. The summed E-state index contributed by atoms with van der Waals surface area (Å²) in [6.07, 6.45) is 9.75. The predicted molar refractivity (Wildman–Crippen MR) is 318 cm³/mol. The van der Waals surface area contributed by atoms with Crippen LogP contribution >= 0.6 is 0 Å². The van der Waals surface area contributed by atoms with E-state index >= 15 is 0 Å². The Morgan fingerprint density at radius 1 is 0.798 bits per heavy atom. The number of nitrogens with one attached hydrogen (secondary N) is 2. The quantitative estimate of drug-likeness (QED) is 0.0455. The molecule has 5 heterocycles. The summed E-state index contributed by atoms with van der Waals surface area (Å²) in [6.45, 7) is 8.71. The average Bonchev–Trinajstić information content (AvgIpc) is 4.05. The monoisotopic (exact) mass is 1170 g/mol. The third-order valence-corrected chi connectivity index (χ3v) is 16.7. The summed E-state index contributed by atoms with van der Waals surface area (Å²) in [5, 5.41) is 3.49. The number of carbonyl (C=O) groups is 3. The lowest BCUT2D eigenvalue weighted by Crippen LogP contribution is -2.51. The number of anilines is 2. The van der Waals surface area contributed by atoms with Crippen LogP contribution in [0.5, 0.6) is 34.5 Å². The fourth-order valence-corrected chi connectivity index (χ4v) is 11.9. The molecule has 3 aromatic carbocycles. The minimum atomic E-state index is -4.23. The number of carbonyl (C=O) groups excluding carboxylic acids is 3. The number of pyridine rings is 2. The van der Waals surface area contributed by atoms with Gasteiger partial charge in [-0.15, -0.1) is 0 Å². The number of rotatable bonds is 25. The highest BCUT2D eigenvalue weighted by Gasteiger charge is 2.28. The van der Waals surface area contributed by atoms with E-state index in [0.717, 1.165) is 43.5 Å². The Morgan fingerprint density at radius 3 is 2.15 bits per heavy atom. The number of imidazole rings is 1. The molecule has 0 bridgehead atoms. The SMILES string of the molecule is CCCOc1cc(OCCCCN(C)CC(=O)NCC(=O)N2CCN(c3ccc(Cc4ncc5c(C)c(C(C)=O)c(=O)n(C6CCCC6)c5n4)nc3)CC2)cc(Oc2cc3c(cc2NS(=O)(=O)c2ccc(OC)c(OC)c2)n(C)c(=O)n3C)c1. The van der Waals surface area contributed by atoms with E-state index in [2.05, 4.69) is 19.9 Å². The van der Waals surface area contributed by atoms with E-state index in [1.807, 2.05) is 37.2 Å². The molecule has 1 saturated heterocycles. The molecule has 24 heteroatoms. The maximum Gasteiger partial charge on any atom is 0.328 e. The second kappa shape index (κ2) is 26.4. The molecule has 23 nitrogen and oxygen atoms in total. The summed E-state index contributed by atoms with van der Waals surface area (Å²) in [4.78, 5) is 85.3. The van der Waals surface area contributed by atoms with Gasteiger partial charge in [-0.1, -0.05) is 19.8 Å². The first-order valence-electron chi connectivity index (χ1n) is 28.2. The van der Waals surface area contributed by atoms with Gasteiger partial charge in [0, 0.05) is 93.9 Å². The summed E-state index contributed by atoms with van der Waals surface area (Å²) in [6, 6.07) is 16.4. The number of hydrogen-bond donors (Lipinski definition) is 2. The van der Waals surface area contributed by atoms with Crippen LogP contribution in [0.4, 0.5) is 11.4 Å². The van der Waals surface area contributed by atoms with Crippen molar-refractivity contribution in [2.75, 3.05) is 89.9 Å². The molecule has 0 spiro atoms. The Bertz CT molecular complexity index is 3810. The van der Waals surface area contributed by atoms with Crippen molar-refractivity contribution in [2.45, 2.75) is 83.1 Å². The van der Waals surface area contributed by atoms with Crippen molar-refractivity contribution in [3.8, 4) is 34.5 Å². The summed E-state index contributed by atoms with van der Waals surface area (Å²) < 4.78 is 64.3. The van der Waals surface area contributed by atoms with Gasteiger partial charge in [0.1, 0.15) is 28.7 Å². The third-order valence-electron chi connectivity index (χ3n) is 15.3. The van der Waals surface area contributed by atoms with Gasteiger partial charge in [0.05, 0.1) is 86.0 Å².